The monoisotopic (exact) mass is 364 g/mol. The predicted octanol–water partition coefficient (Wildman–Crippen LogP) is 2.22. The molecule has 1 unspecified atom stereocenters. The molecule has 26 heavy (non-hydrogen) atoms. The van der Waals surface area contributed by atoms with Crippen LogP contribution in [0.5, 0.6) is 0 Å². The van der Waals surface area contributed by atoms with Crippen LogP contribution in [0, 0.1) is 0 Å². The Balaban J connectivity index is 1.85. The van der Waals surface area contributed by atoms with Crippen molar-refractivity contribution in [1.29, 1.82) is 0 Å². The summed E-state index contributed by atoms with van der Waals surface area (Å²) in [5.41, 5.74) is 1.44. The van der Waals surface area contributed by atoms with Crippen molar-refractivity contribution < 1.29 is 9.59 Å². The minimum absolute atomic E-state index is 0.289. The highest BCUT2D eigenvalue weighted by Gasteiger charge is 2.55. The lowest BCUT2D eigenvalue weighted by Gasteiger charge is -2.37. The average Bonchev–Trinajstić information content (AvgIpc) is 2.87. The number of rotatable bonds is 2. The molecule has 0 aliphatic carbocycles. The first-order chi connectivity index (χ1) is 12.5. The number of nitrogens with one attached hydrogen (secondary N) is 4. The number of carbonyl (C=O) groups is 2. The van der Waals surface area contributed by atoms with Gasteiger partial charge in [-0.3, -0.25) is 9.59 Å². The zero-order valence-corrected chi connectivity index (χ0v) is 14.7. The third kappa shape index (κ3) is 2.36. The van der Waals surface area contributed by atoms with Gasteiger partial charge in [0, 0.05) is 22.6 Å². The Labute approximate surface area is 155 Å². The second kappa shape index (κ2) is 5.96. The van der Waals surface area contributed by atoms with Gasteiger partial charge in [0.15, 0.2) is 10.7 Å². The van der Waals surface area contributed by atoms with E-state index in [1.807, 2.05) is 36.4 Å². The highest BCUT2D eigenvalue weighted by molar-refractivity contribution is 7.80. The van der Waals surface area contributed by atoms with Gasteiger partial charge < -0.3 is 21.3 Å². The standard InChI is InChI=1S/C19H16N4O2S/c1-11-15(16(24)21-12-7-3-2-4-8-12)19(23-18(26)20-11)13-9-5-6-10-14(13)22-17(19)25/h2-10H,1H3,(H,21,24)(H,22,25)(H2,20,23,26). The van der Waals surface area contributed by atoms with Crippen molar-refractivity contribution in [2.24, 2.45) is 0 Å². The van der Waals surface area contributed by atoms with E-state index < -0.39 is 5.54 Å². The van der Waals surface area contributed by atoms with Gasteiger partial charge in [0.2, 0.25) is 0 Å². The SMILES string of the molecule is CC1=C(C(=O)Nc2ccccc2)C2(NC(=S)N1)C(=O)Nc1ccccc12. The van der Waals surface area contributed by atoms with Gasteiger partial charge in [-0.1, -0.05) is 36.4 Å². The smallest absolute Gasteiger partial charge is 0.259 e. The summed E-state index contributed by atoms with van der Waals surface area (Å²) in [6, 6.07) is 16.4. The topological polar surface area (TPSA) is 82.3 Å². The van der Waals surface area contributed by atoms with Crippen LogP contribution in [0.25, 0.3) is 0 Å². The van der Waals surface area contributed by atoms with Gasteiger partial charge in [-0.15, -0.1) is 0 Å². The molecule has 7 heteroatoms. The predicted molar refractivity (Wildman–Crippen MR) is 103 cm³/mol. The average molecular weight is 364 g/mol. The molecule has 0 aromatic heterocycles. The largest absolute Gasteiger partial charge is 0.341 e. The molecule has 2 aliphatic rings. The molecular weight excluding hydrogens is 348 g/mol. The molecule has 1 atom stereocenters. The summed E-state index contributed by atoms with van der Waals surface area (Å²) in [5.74, 6) is -0.705. The van der Waals surface area contributed by atoms with Crippen molar-refractivity contribution >= 4 is 40.5 Å². The van der Waals surface area contributed by atoms with Crippen LogP contribution in [0.3, 0.4) is 0 Å². The minimum atomic E-state index is -1.36. The molecule has 2 aromatic rings. The van der Waals surface area contributed by atoms with Crippen LogP contribution in [-0.4, -0.2) is 16.9 Å². The number of fused-ring (bicyclic) bond motifs is 2. The molecule has 4 N–H and O–H groups in total. The maximum atomic E-state index is 13.1. The van der Waals surface area contributed by atoms with E-state index in [0.717, 1.165) is 0 Å². The van der Waals surface area contributed by atoms with Gasteiger partial charge >= 0.3 is 0 Å². The van der Waals surface area contributed by atoms with Crippen molar-refractivity contribution in [3.63, 3.8) is 0 Å². The maximum Gasteiger partial charge on any atom is 0.259 e. The lowest BCUT2D eigenvalue weighted by atomic mass is 9.80. The quantitative estimate of drug-likeness (QED) is 0.615. The number of para-hydroxylation sites is 2. The van der Waals surface area contributed by atoms with E-state index in [2.05, 4.69) is 21.3 Å². The van der Waals surface area contributed by atoms with E-state index >= 15 is 0 Å². The Morgan fingerprint density at radius 3 is 2.50 bits per heavy atom. The van der Waals surface area contributed by atoms with E-state index in [9.17, 15) is 9.59 Å². The molecule has 2 amide bonds. The van der Waals surface area contributed by atoms with Gasteiger partial charge in [-0.05, 0) is 37.3 Å². The van der Waals surface area contributed by atoms with Crippen LogP contribution in [0.2, 0.25) is 0 Å². The zero-order valence-electron chi connectivity index (χ0n) is 13.9. The molecule has 0 radical (unpaired) electrons. The lowest BCUT2D eigenvalue weighted by molar-refractivity contribution is -0.123. The van der Waals surface area contributed by atoms with Gasteiger partial charge in [0.1, 0.15) is 0 Å². The van der Waals surface area contributed by atoms with Crippen molar-refractivity contribution in [3.8, 4) is 0 Å². The third-order valence-corrected chi connectivity index (χ3v) is 4.73. The molecular formula is C19H16N4O2S. The second-order valence-corrected chi connectivity index (χ2v) is 6.56. The maximum absolute atomic E-state index is 13.1. The summed E-state index contributed by atoms with van der Waals surface area (Å²) in [6.45, 7) is 1.74. The number of hydrogen-bond donors (Lipinski definition) is 4. The lowest BCUT2D eigenvalue weighted by Crippen LogP contribution is -2.60. The van der Waals surface area contributed by atoms with Crippen LogP contribution in [-0.2, 0) is 15.1 Å². The van der Waals surface area contributed by atoms with Crippen LogP contribution in [0.15, 0.2) is 65.9 Å². The molecule has 0 saturated carbocycles. The van der Waals surface area contributed by atoms with E-state index in [1.54, 1.807) is 25.1 Å². The molecule has 6 nitrogen and oxygen atoms in total. The number of allylic oxidation sites excluding steroid dienone is 1. The van der Waals surface area contributed by atoms with E-state index in [4.69, 9.17) is 12.2 Å². The van der Waals surface area contributed by atoms with Gasteiger partial charge in [0.25, 0.3) is 11.8 Å². The molecule has 2 aromatic carbocycles. The molecule has 4 rings (SSSR count). The first-order valence-corrected chi connectivity index (χ1v) is 8.51. The summed E-state index contributed by atoms with van der Waals surface area (Å²) < 4.78 is 0. The molecule has 0 fully saturated rings. The summed E-state index contributed by atoms with van der Waals surface area (Å²) in [5, 5.41) is 12.0. The van der Waals surface area contributed by atoms with Gasteiger partial charge in [-0.25, -0.2) is 0 Å². The first kappa shape index (κ1) is 16.3. The van der Waals surface area contributed by atoms with Crippen molar-refractivity contribution in [1.82, 2.24) is 10.6 Å². The molecule has 130 valence electrons. The number of thiocarbonyl (C=S) groups is 1. The molecule has 2 aliphatic heterocycles. The fourth-order valence-electron chi connectivity index (χ4n) is 3.46. The van der Waals surface area contributed by atoms with E-state index in [-0.39, 0.29) is 17.4 Å². The normalized spacial score (nSPS) is 21.0. The van der Waals surface area contributed by atoms with Gasteiger partial charge in [-0.2, -0.15) is 0 Å². The van der Waals surface area contributed by atoms with Crippen LogP contribution >= 0.6 is 12.2 Å². The Kier molecular flexibility index (Phi) is 3.73. The molecule has 0 saturated heterocycles. The van der Waals surface area contributed by atoms with Crippen LogP contribution in [0.4, 0.5) is 11.4 Å². The summed E-state index contributed by atoms with van der Waals surface area (Å²) >= 11 is 5.28. The van der Waals surface area contributed by atoms with E-state index in [1.165, 1.54) is 0 Å². The van der Waals surface area contributed by atoms with Crippen molar-refractivity contribution in [3.05, 3.63) is 71.4 Å². The van der Waals surface area contributed by atoms with Crippen LogP contribution in [0.1, 0.15) is 12.5 Å². The Morgan fingerprint density at radius 2 is 1.73 bits per heavy atom. The second-order valence-electron chi connectivity index (χ2n) is 6.15. The zero-order chi connectivity index (χ0) is 18.3. The summed E-state index contributed by atoms with van der Waals surface area (Å²) in [4.78, 5) is 26.1. The van der Waals surface area contributed by atoms with E-state index in [0.29, 0.717) is 27.7 Å². The fraction of sp³-hybridized carbons (Fsp3) is 0.105. The first-order valence-electron chi connectivity index (χ1n) is 8.10. The van der Waals surface area contributed by atoms with Crippen molar-refractivity contribution in [2.75, 3.05) is 10.6 Å². The summed E-state index contributed by atoms with van der Waals surface area (Å²) in [7, 11) is 0. The van der Waals surface area contributed by atoms with Gasteiger partial charge in [0.05, 0.1) is 5.57 Å². The summed E-state index contributed by atoms with van der Waals surface area (Å²) in [6.07, 6.45) is 0. The molecule has 2 heterocycles. The minimum Gasteiger partial charge on any atom is -0.341 e. The van der Waals surface area contributed by atoms with Crippen molar-refractivity contribution in [2.45, 2.75) is 12.5 Å². The fourth-order valence-corrected chi connectivity index (χ4v) is 3.77. The Morgan fingerprint density at radius 1 is 1.04 bits per heavy atom. The number of amides is 2. The molecule has 1 spiro atoms. The third-order valence-electron chi connectivity index (χ3n) is 4.53. The Bertz CT molecular complexity index is 971. The molecule has 0 bridgehead atoms. The number of benzene rings is 2. The number of anilines is 2. The highest BCUT2D eigenvalue weighted by Crippen LogP contribution is 2.43. The number of carbonyl (C=O) groups excluding carboxylic acids is 2. The highest BCUT2D eigenvalue weighted by atomic mass is 32.1. The Hall–Kier alpha value is -3.19. The van der Waals surface area contributed by atoms with Crippen LogP contribution < -0.4 is 21.3 Å². The number of hydrogen-bond acceptors (Lipinski definition) is 3.